The molecule has 1 heterocycles. The van der Waals surface area contributed by atoms with Crippen LogP contribution in [0.1, 0.15) is 40.3 Å². The summed E-state index contributed by atoms with van der Waals surface area (Å²) in [5, 5.41) is -0.0457. The van der Waals surface area contributed by atoms with Gasteiger partial charge in [0.2, 0.25) is 0 Å². The molecule has 0 amide bonds. The zero-order valence-electron chi connectivity index (χ0n) is 10.5. The zero-order chi connectivity index (χ0) is 13.1. The smallest absolute Gasteiger partial charge is 0.0928 e. The van der Waals surface area contributed by atoms with E-state index in [4.69, 9.17) is 11.6 Å². The lowest BCUT2D eigenvalue weighted by atomic mass is 10.1. The summed E-state index contributed by atoms with van der Waals surface area (Å²) in [6.07, 6.45) is 2.32. The first kappa shape index (κ1) is 14.1. The summed E-state index contributed by atoms with van der Waals surface area (Å²) in [4.78, 5) is 1.20. The van der Waals surface area contributed by atoms with Crippen LogP contribution in [0.15, 0.2) is 34.1 Å². The van der Waals surface area contributed by atoms with E-state index < -0.39 is 0 Å². The third-order valence-corrected chi connectivity index (χ3v) is 5.76. The Morgan fingerprint density at radius 3 is 2.44 bits per heavy atom. The van der Waals surface area contributed by atoms with E-state index in [-0.39, 0.29) is 5.38 Å². The number of benzene rings is 1. The minimum Gasteiger partial charge on any atom is -0.131 e. The molecule has 1 unspecified atom stereocenters. The number of hydrogen-bond acceptors (Lipinski definition) is 1. The molecule has 0 radical (unpaired) electrons. The van der Waals surface area contributed by atoms with Gasteiger partial charge in [-0.05, 0) is 52.0 Å². The van der Waals surface area contributed by atoms with Crippen molar-refractivity contribution in [2.24, 2.45) is 0 Å². The quantitative estimate of drug-likeness (QED) is 0.588. The van der Waals surface area contributed by atoms with Crippen LogP contribution in [0.4, 0.5) is 0 Å². The Hall–Kier alpha value is -0.310. The average molecular weight is 344 g/mol. The standard InChI is InChI=1S/C15H16BrClS/c1-3-4-11-5-7-12(8-6-11)14(17)13-9-10(2)15(16)18-13/h5-9,14H,3-4H2,1-2H3. The van der Waals surface area contributed by atoms with Gasteiger partial charge in [0.15, 0.2) is 0 Å². The van der Waals surface area contributed by atoms with Crippen molar-refractivity contribution in [2.75, 3.05) is 0 Å². The summed E-state index contributed by atoms with van der Waals surface area (Å²) in [6, 6.07) is 10.8. The van der Waals surface area contributed by atoms with Crippen molar-refractivity contribution < 1.29 is 0 Å². The van der Waals surface area contributed by atoms with Gasteiger partial charge in [-0.2, -0.15) is 0 Å². The lowest BCUT2D eigenvalue weighted by Crippen LogP contribution is -1.91. The Labute approximate surface area is 126 Å². The van der Waals surface area contributed by atoms with Crippen LogP contribution >= 0.6 is 38.9 Å². The Kier molecular flexibility index (Phi) is 4.88. The molecule has 0 fully saturated rings. The van der Waals surface area contributed by atoms with Gasteiger partial charge in [0.1, 0.15) is 0 Å². The normalized spacial score (nSPS) is 12.7. The number of rotatable bonds is 4. The predicted molar refractivity (Wildman–Crippen MR) is 84.9 cm³/mol. The minimum absolute atomic E-state index is 0.0457. The van der Waals surface area contributed by atoms with E-state index in [9.17, 15) is 0 Å². The SMILES string of the molecule is CCCc1ccc(C(Cl)c2cc(C)c(Br)s2)cc1. The first-order valence-corrected chi connectivity index (χ1v) is 8.15. The highest BCUT2D eigenvalue weighted by Crippen LogP contribution is 2.37. The van der Waals surface area contributed by atoms with Crippen LogP contribution < -0.4 is 0 Å². The van der Waals surface area contributed by atoms with Crippen LogP contribution in [-0.2, 0) is 6.42 Å². The highest BCUT2D eigenvalue weighted by atomic mass is 79.9. The fraction of sp³-hybridized carbons (Fsp3) is 0.333. The second-order valence-corrected chi connectivity index (χ2v) is 7.30. The lowest BCUT2D eigenvalue weighted by molar-refractivity contribution is 0.920. The first-order chi connectivity index (χ1) is 8.61. The van der Waals surface area contributed by atoms with Crippen molar-refractivity contribution in [2.45, 2.75) is 32.1 Å². The number of thiophene rings is 1. The molecule has 0 saturated heterocycles. The maximum atomic E-state index is 6.54. The number of hydrogen-bond donors (Lipinski definition) is 0. The molecule has 0 bridgehead atoms. The Morgan fingerprint density at radius 1 is 1.28 bits per heavy atom. The molecule has 96 valence electrons. The van der Waals surface area contributed by atoms with E-state index in [1.807, 2.05) is 0 Å². The van der Waals surface area contributed by atoms with Gasteiger partial charge in [-0.1, -0.05) is 37.6 Å². The van der Waals surface area contributed by atoms with Crippen molar-refractivity contribution in [3.63, 3.8) is 0 Å². The molecule has 0 aliphatic heterocycles. The van der Waals surface area contributed by atoms with Gasteiger partial charge in [-0.15, -0.1) is 22.9 Å². The van der Waals surface area contributed by atoms with E-state index in [0.717, 1.165) is 6.42 Å². The summed E-state index contributed by atoms with van der Waals surface area (Å²) in [6.45, 7) is 4.29. The minimum atomic E-state index is -0.0457. The molecular formula is C15H16BrClS. The monoisotopic (exact) mass is 342 g/mol. The van der Waals surface area contributed by atoms with Gasteiger partial charge in [0, 0.05) is 4.88 Å². The Balaban J connectivity index is 2.20. The molecule has 1 aromatic heterocycles. The maximum absolute atomic E-state index is 6.54. The van der Waals surface area contributed by atoms with Crippen LogP contribution in [0.25, 0.3) is 0 Å². The van der Waals surface area contributed by atoms with Gasteiger partial charge in [-0.25, -0.2) is 0 Å². The van der Waals surface area contributed by atoms with Gasteiger partial charge < -0.3 is 0 Å². The van der Waals surface area contributed by atoms with E-state index in [0.29, 0.717) is 0 Å². The fourth-order valence-electron chi connectivity index (χ4n) is 1.91. The molecule has 2 aromatic rings. The number of aryl methyl sites for hydroxylation is 2. The molecule has 0 aliphatic carbocycles. The molecule has 0 nitrogen and oxygen atoms in total. The summed E-state index contributed by atoms with van der Waals surface area (Å²) in [5.74, 6) is 0. The molecular weight excluding hydrogens is 328 g/mol. The second kappa shape index (κ2) is 6.23. The Bertz CT molecular complexity index is 496. The van der Waals surface area contributed by atoms with Gasteiger partial charge >= 0.3 is 0 Å². The van der Waals surface area contributed by atoms with E-state index >= 15 is 0 Å². The van der Waals surface area contributed by atoms with Crippen molar-refractivity contribution in [1.82, 2.24) is 0 Å². The van der Waals surface area contributed by atoms with Crippen molar-refractivity contribution in [3.8, 4) is 0 Å². The average Bonchev–Trinajstić information content (AvgIpc) is 2.70. The van der Waals surface area contributed by atoms with E-state index in [2.05, 4.69) is 60.1 Å². The van der Waals surface area contributed by atoms with Crippen LogP contribution in [0, 0.1) is 6.92 Å². The highest BCUT2D eigenvalue weighted by Gasteiger charge is 2.14. The predicted octanol–water partition coefficient (Wildman–Crippen LogP) is 6.10. The number of halogens is 2. The molecule has 1 aromatic carbocycles. The zero-order valence-corrected chi connectivity index (χ0v) is 13.7. The summed E-state index contributed by atoms with van der Waals surface area (Å²) < 4.78 is 1.17. The Morgan fingerprint density at radius 2 is 1.94 bits per heavy atom. The largest absolute Gasteiger partial charge is 0.131 e. The van der Waals surface area contributed by atoms with E-state index in [1.165, 1.54) is 31.8 Å². The van der Waals surface area contributed by atoms with Crippen LogP contribution in [-0.4, -0.2) is 0 Å². The van der Waals surface area contributed by atoms with Crippen molar-refractivity contribution in [3.05, 3.63) is 55.7 Å². The molecule has 3 heteroatoms. The third-order valence-electron chi connectivity index (χ3n) is 2.94. The molecule has 18 heavy (non-hydrogen) atoms. The van der Waals surface area contributed by atoms with E-state index in [1.54, 1.807) is 11.3 Å². The van der Waals surface area contributed by atoms with Gasteiger partial charge in [0.05, 0.1) is 9.16 Å². The topological polar surface area (TPSA) is 0 Å². The molecule has 2 rings (SSSR count). The van der Waals surface area contributed by atoms with Crippen molar-refractivity contribution >= 4 is 38.9 Å². The molecule has 0 spiro atoms. The molecule has 0 aliphatic rings. The molecule has 0 saturated carbocycles. The third kappa shape index (κ3) is 3.17. The van der Waals surface area contributed by atoms with Crippen molar-refractivity contribution in [1.29, 1.82) is 0 Å². The van der Waals surface area contributed by atoms with Crippen LogP contribution in [0.2, 0.25) is 0 Å². The molecule has 0 N–H and O–H groups in total. The summed E-state index contributed by atoms with van der Waals surface area (Å²) >= 11 is 11.8. The van der Waals surface area contributed by atoms with Crippen LogP contribution in [0.5, 0.6) is 0 Å². The van der Waals surface area contributed by atoms with Gasteiger partial charge in [0.25, 0.3) is 0 Å². The first-order valence-electron chi connectivity index (χ1n) is 6.10. The van der Waals surface area contributed by atoms with Gasteiger partial charge in [-0.3, -0.25) is 0 Å². The lowest BCUT2D eigenvalue weighted by Gasteiger charge is -2.08. The number of alkyl halides is 1. The van der Waals surface area contributed by atoms with Crippen LogP contribution in [0.3, 0.4) is 0 Å². The highest BCUT2D eigenvalue weighted by molar-refractivity contribution is 9.11. The summed E-state index contributed by atoms with van der Waals surface area (Å²) in [7, 11) is 0. The summed E-state index contributed by atoms with van der Waals surface area (Å²) in [5.41, 5.74) is 3.81. The maximum Gasteiger partial charge on any atom is 0.0928 e. The second-order valence-electron chi connectivity index (χ2n) is 4.46. The molecule has 1 atom stereocenters. The fourth-order valence-corrected chi connectivity index (χ4v) is 3.83.